The van der Waals surface area contributed by atoms with Gasteiger partial charge in [-0.1, -0.05) is 33.1 Å². The monoisotopic (exact) mass is 1030 g/mol. The Morgan fingerprint density at radius 3 is 1.09 bits per heavy atom. The number of nitrogens with one attached hydrogen (secondary N) is 3. The highest BCUT2D eigenvalue weighted by Gasteiger charge is 2.28. The average molecular weight is 1030 g/mol. The summed E-state index contributed by atoms with van der Waals surface area (Å²) in [6.45, 7) is 7.17. The number of aryl methyl sites for hydroxylation is 3. The highest BCUT2D eigenvalue weighted by Crippen LogP contribution is 2.37. The summed E-state index contributed by atoms with van der Waals surface area (Å²) >= 11 is 0. The van der Waals surface area contributed by atoms with Gasteiger partial charge in [0.25, 0.3) is 0 Å². The number of aliphatic hydroxyl groups is 1. The maximum absolute atomic E-state index is 9.04. The summed E-state index contributed by atoms with van der Waals surface area (Å²) in [5, 5.41) is 45.6. The third-order valence-electron chi connectivity index (χ3n) is 15.4. The first kappa shape index (κ1) is 52.2. The number of nitrogen functional groups attached to an aromatic ring is 3. The van der Waals surface area contributed by atoms with Crippen LogP contribution in [0.25, 0.3) is 50.3 Å². The Balaban J connectivity index is 0.000000130. The zero-order valence-corrected chi connectivity index (χ0v) is 44.6. The fraction of sp³-hybridized carbons (Fsp3) is 0.500. The average Bonchev–Trinajstić information content (AvgIpc) is 4.31. The van der Waals surface area contributed by atoms with Gasteiger partial charge in [-0.15, -0.1) is 0 Å². The lowest BCUT2D eigenvalue weighted by Gasteiger charge is -2.29. The summed E-state index contributed by atoms with van der Waals surface area (Å²) in [7, 11) is 5.71. The number of nitrogens with two attached hydrogens (primary N) is 3. The Morgan fingerprint density at radius 1 is 0.474 bits per heavy atom. The van der Waals surface area contributed by atoms with Gasteiger partial charge in [-0.05, 0) is 70.9 Å². The van der Waals surface area contributed by atoms with Crippen molar-refractivity contribution in [1.82, 2.24) is 89.1 Å². The van der Waals surface area contributed by atoms with E-state index in [0.29, 0.717) is 59.9 Å². The summed E-state index contributed by atoms with van der Waals surface area (Å²) < 4.78 is 10.5. The molecule has 0 bridgehead atoms. The first-order valence-electron chi connectivity index (χ1n) is 27.2. The van der Waals surface area contributed by atoms with E-state index in [-0.39, 0.29) is 6.61 Å². The van der Waals surface area contributed by atoms with Crippen LogP contribution in [0.1, 0.15) is 126 Å². The first-order valence-corrected chi connectivity index (χ1v) is 27.2. The first-order chi connectivity index (χ1) is 37.0. The lowest BCUT2D eigenvalue weighted by molar-refractivity contribution is 0.265. The van der Waals surface area contributed by atoms with E-state index in [0.717, 1.165) is 119 Å². The van der Waals surface area contributed by atoms with Crippen LogP contribution in [-0.4, -0.2) is 123 Å². The Labute approximate surface area is 442 Å². The molecule has 3 aliphatic rings. The number of aromatic nitrogens is 15. The van der Waals surface area contributed by atoms with E-state index in [1.54, 1.807) is 33.8 Å². The molecule has 0 aromatic carbocycles. The van der Waals surface area contributed by atoms with Gasteiger partial charge in [0.15, 0.2) is 16.9 Å². The van der Waals surface area contributed by atoms with E-state index in [4.69, 9.17) is 37.3 Å². The van der Waals surface area contributed by atoms with E-state index >= 15 is 0 Å². The topological polar surface area (TPSA) is 278 Å². The molecular formula is C54H75N21O. The normalized spacial score (nSPS) is 20.9. The van der Waals surface area contributed by atoms with Crippen LogP contribution >= 0.6 is 0 Å². The molecule has 6 atom stereocenters. The number of anilines is 3. The van der Waals surface area contributed by atoms with E-state index in [1.807, 2.05) is 88.9 Å². The molecule has 402 valence electrons. The highest BCUT2D eigenvalue weighted by atomic mass is 16.3. The molecule has 0 amide bonds. The molecule has 10 N–H and O–H groups in total. The van der Waals surface area contributed by atoms with Crippen LogP contribution in [0.15, 0.2) is 74.0 Å². The predicted octanol–water partition coefficient (Wildman–Crippen LogP) is 6.02. The summed E-state index contributed by atoms with van der Waals surface area (Å²) in [6, 6.07) is 7.50. The second-order valence-electron chi connectivity index (χ2n) is 20.9. The van der Waals surface area contributed by atoms with E-state index in [9.17, 15) is 0 Å². The number of hydrogen-bond donors (Lipinski definition) is 7. The third kappa shape index (κ3) is 11.4. The molecule has 22 nitrogen and oxygen atoms in total. The van der Waals surface area contributed by atoms with Crippen LogP contribution in [0.5, 0.6) is 0 Å². The summed E-state index contributed by atoms with van der Waals surface area (Å²) in [5.74, 6) is 3.14. The van der Waals surface area contributed by atoms with Crippen molar-refractivity contribution >= 4 is 34.4 Å². The molecule has 0 saturated heterocycles. The van der Waals surface area contributed by atoms with Gasteiger partial charge in [0.1, 0.15) is 17.5 Å². The zero-order chi connectivity index (χ0) is 52.9. The van der Waals surface area contributed by atoms with Crippen molar-refractivity contribution in [1.29, 1.82) is 0 Å². The van der Waals surface area contributed by atoms with Gasteiger partial charge < -0.3 is 38.3 Å². The molecular weight excluding hydrogens is 959 g/mol. The minimum Gasteiger partial charge on any atom is -0.395 e. The number of fused-ring (bicyclic) bond motifs is 3. The second kappa shape index (κ2) is 23.3. The lowest BCUT2D eigenvalue weighted by Crippen LogP contribution is -2.35. The highest BCUT2D eigenvalue weighted by molar-refractivity contribution is 5.79. The van der Waals surface area contributed by atoms with Crippen LogP contribution in [0, 0.1) is 0 Å². The molecule has 3 aliphatic carbocycles. The van der Waals surface area contributed by atoms with E-state index < -0.39 is 0 Å². The lowest BCUT2D eigenvalue weighted by atomic mass is 9.83. The Kier molecular flexibility index (Phi) is 16.0. The Bertz CT molecular complexity index is 3210. The van der Waals surface area contributed by atoms with Crippen LogP contribution < -0.4 is 33.2 Å². The number of nitrogens with zero attached hydrogens (tertiary/aromatic N) is 15. The minimum absolute atomic E-state index is 0.169. The van der Waals surface area contributed by atoms with Crippen molar-refractivity contribution in [3.63, 3.8) is 0 Å². The van der Waals surface area contributed by atoms with Gasteiger partial charge in [-0.25, -0.2) is 15.0 Å². The van der Waals surface area contributed by atoms with Gasteiger partial charge in [-0.2, -0.15) is 44.1 Å². The third-order valence-corrected chi connectivity index (χ3v) is 15.4. The molecule has 12 rings (SSSR count). The van der Waals surface area contributed by atoms with Crippen molar-refractivity contribution < 1.29 is 5.11 Å². The molecule has 3 saturated carbocycles. The largest absolute Gasteiger partial charge is 0.395 e. The van der Waals surface area contributed by atoms with Crippen LogP contribution in [0.3, 0.4) is 0 Å². The Hall–Kier alpha value is -7.27. The standard InChI is InChI=1S/C18H25N7O.2C18H25N7/c1-24-11-13(9-21-24)15-10-22-25-17(19)8-16(23-18(15)25)12-3-2-4-14(7-12)20-5-6-26;2*1-3-20-14-6-4-5-12(7-14)16-8-17(19)25-18(23-16)15(10-22-25)13-9-21-24(2)11-13/h8-12,14,20,26H,2-7,19H2,1H3;2*8-12,14,20H,3-7,19H2,1-2H3/t3*12-,14+/m000/s1. The molecule has 0 aliphatic heterocycles. The van der Waals surface area contributed by atoms with Crippen molar-refractivity contribution in [2.24, 2.45) is 21.1 Å². The van der Waals surface area contributed by atoms with Gasteiger partial charge in [-0.3, -0.25) is 14.0 Å². The van der Waals surface area contributed by atoms with Crippen molar-refractivity contribution in [2.75, 3.05) is 43.4 Å². The van der Waals surface area contributed by atoms with E-state index in [1.165, 1.54) is 38.5 Å². The summed E-state index contributed by atoms with van der Waals surface area (Å²) in [5.41, 5.74) is 30.3. The molecule has 9 aromatic heterocycles. The number of hydrogen-bond acceptors (Lipinski definition) is 16. The van der Waals surface area contributed by atoms with Crippen LogP contribution in [-0.2, 0) is 21.1 Å². The molecule has 9 aromatic rings. The molecule has 76 heavy (non-hydrogen) atoms. The smallest absolute Gasteiger partial charge is 0.165 e. The fourth-order valence-corrected chi connectivity index (χ4v) is 11.7. The van der Waals surface area contributed by atoms with Gasteiger partial charge in [0.2, 0.25) is 0 Å². The molecule has 0 spiro atoms. The molecule has 9 heterocycles. The van der Waals surface area contributed by atoms with Crippen LogP contribution in [0.4, 0.5) is 17.5 Å². The van der Waals surface area contributed by atoms with E-state index in [2.05, 4.69) is 60.4 Å². The number of aliphatic hydroxyl groups excluding tert-OH is 1. The van der Waals surface area contributed by atoms with Crippen molar-refractivity contribution in [3.05, 3.63) is 91.1 Å². The zero-order valence-electron chi connectivity index (χ0n) is 44.6. The van der Waals surface area contributed by atoms with Crippen LogP contribution in [0.2, 0.25) is 0 Å². The Morgan fingerprint density at radius 2 is 0.803 bits per heavy atom. The van der Waals surface area contributed by atoms with Gasteiger partial charge >= 0.3 is 0 Å². The number of rotatable bonds is 13. The fourth-order valence-electron chi connectivity index (χ4n) is 11.7. The maximum atomic E-state index is 9.04. The SMILES string of the molecule is CCN[C@@H]1CCC[C@H](c2cc(N)n3ncc(-c4cnn(C)c4)c3n2)C1.CCN[C@@H]1CCC[C@H](c2cc(N)n3ncc(-c4cnn(C)c4)c3n2)C1.Cn1cc(-c2cnn3c(N)cc([C@H]4CCC[C@@H](NCCO)C4)nc23)cn1. The minimum atomic E-state index is 0.169. The molecule has 22 heteroatoms. The molecule has 0 radical (unpaired) electrons. The van der Waals surface area contributed by atoms with Crippen molar-refractivity contribution in [3.8, 4) is 33.4 Å². The maximum Gasteiger partial charge on any atom is 0.165 e. The predicted molar refractivity (Wildman–Crippen MR) is 296 cm³/mol. The van der Waals surface area contributed by atoms with Gasteiger partial charge in [0, 0.05) is 151 Å². The molecule has 0 unspecified atom stereocenters. The quantitative estimate of drug-likeness (QED) is 0.0696. The van der Waals surface area contributed by atoms with Crippen molar-refractivity contribution in [2.45, 2.75) is 127 Å². The summed E-state index contributed by atoms with van der Waals surface area (Å²) in [6.07, 6.45) is 30.8. The summed E-state index contributed by atoms with van der Waals surface area (Å²) in [4.78, 5) is 14.8. The molecule has 3 fully saturated rings. The van der Waals surface area contributed by atoms with Gasteiger partial charge in [0.05, 0.1) is 43.8 Å². The second-order valence-corrected chi connectivity index (χ2v) is 20.9.